The number of rotatable bonds is 8. The molecule has 0 saturated heterocycles. The zero-order chi connectivity index (χ0) is 10.6. The van der Waals surface area contributed by atoms with Crippen LogP contribution in [0.5, 0.6) is 0 Å². The molecule has 0 aliphatic heterocycles. The van der Waals surface area contributed by atoms with Crippen molar-refractivity contribution in [3.63, 3.8) is 0 Å². The van der Waals surface area contributed by atoms with Crippen LogP contribution in [0, 0.1) is 0 Å². The van der Waals surface area contributed by atoms with E-state index in [0.29, 0.717) is 6.61 Å². The van der Waals surface area contributed by atoms with Gasteiger partial charge < -0.3 is 4.74 Å². The standard InChI is InChI=1S/C11H20O2S/c1-3-4-5-6-9-14-10-7-8-13-11(2)12/h7,10H,3-6,8-9H2,1-2H3/b10-7+. The summed E-state index contributed by atoms with van der Waals surface area (Å²) in [5.41, 5.74) is 0. The minimum Gasteiger partial charge on any atom is -0.462 e. The van der Waals surface area contributed by atoms with E-state index in [1.54, 1.807) is 11.8 Å². The fourth-order valence-corrected chi connectivity index (χ4v) is 1.67. The van der Waals surface area contributed by atoms with E-state index < -0.39 is 0 Å². The Morgan fingerprint density at radius 3 is 2.79 bits per heavy atom. The fraction of sp³-hybridized carbons (Fsp3) is 0.727. The van der Waals surface area contributed by atoms with Gasteiger partial charge in [-0.1, -0.05) is 26.2 Å². The summed E-state index contributed by atoms with van der Waals surface area (Å²) < 4.78 is 4.75. The topological polar surface area (TPSA) is 26.3 Å². The van der Waals surface area contributed by atoms with E-state index in [9.17, 15) is 4.79 Å². The van der Waals surface area contributed by atoms with Gasteiger partial charge in [0.2, 0.25) is 0 Å². The first-order chi connectivity index (χ1) is 6.77. The van der Waals surface area contributed by atoms with Crippen LogP contribution in [0.2, 0.25) is 0 Å². The van der Waals surface area contributed by atoms with Crippen LogP contribution in [-0.2, 0) is 9.53 Å². The molecule has 0 rings (SSSR count). The molecule has 82 valence electrons. The summed E-state index contributed by atoms with van der Waals surface area (Å²) in [6.45, 7) is 4.04. The summed E-state index contributed by atoms with van der Waals surface area (Å²) in [5.74, 6) is 0.943. The van der Waals surface area contributed by atoms with E-state index in [0.717, 1.165) is 5.75 Å². The molecule has 0 amide bonds. The summed E-state index contributed by atoms with van der Waals surface area (Å²) in [4.78, 5) is 10.4. The number of ether oxygens (including phenoxy) is 1. The van der Waals surface area contributed by atoms with Crippen LogP contribution < -0.4 is 0 Å². The second-order valence-corrected chi connectivity index (χ2v) is 4.12. The van der Waals surface area contributed by atoms with Crippen LogP contribution in [0.3, 0.4) is 0 Å². The molecule has 0 aromatic carbocycles. The highest BCUT2D eigenvalue weighted by molar-refractivity contribution is 8.02. The number of hydrogen-bond donors (Lipinski definition) is 0. The number of thioether (sulfide) groups is 1. The highest BCUT2D eigenvalue weighted by atomic mass is 32.2. The van der Waals surface area contributed by atoms with Crippen LogP contribution in [0.1, 0.15) is 39.5 Å². The average Bonchev–Trinajstić information content (AvgIpc) is 2.15. The maximum Gasteiger partial charge on any atom is 0.302 e. The molecule has 0 aliphatic rings. The van der Waals surface area contributed by atoms with Crippen LogP contribution in [0.25, 0.3) is 0 Å². The molecule has 0 bridgehead atoms. The van der Waals surface area contributed by atoms with Crippen molar-refractivity contribution >= 4 is 17.7 Å². The zero-order valence-electron chi connectivity index (χ0n) is 9.12. The van der Waals surface area contributed by atoms with Crippen LogP contribution in [0.4, 0.5) is 0 Å². The zero-order valence-corrected chi connectivity index (χ0v) is 9.94. The van der Waals surface area contributed by atoms with E-state index in [1.807, 2.05) is 11.5 Å². The summed E-state index contributed by atoms with van der Waals surface area (Å²) >= 11 is 1.78. The molecule has 0 unspecified atom stereocenters. The molecule has 0 atom stereocenters. The predicted molar refractivity (Wildman–Crippen MR) is 62.4 cm³/mol. The molecule has 0 aromatic heterocycles. The van der Waals surface area contributed by atoms with Gasteiger partial charge in [0.1, 0.15) is 6.61 Å². The first kappa shape index (κ1) is 13.6. The van der Waals surface area contributed by atoms with Crippen LogP contribution in [0.15, 0.2) is 11.5 Å². The van der Waals surface area contributed by atoms with Gasteiger partial charge in [-0.3, -0.25) is 4.79 Å². The van der Waals surface area contributed by atoms with Crippen molar-refractivity contribution in [2.75, 3.05) is 12.4 Å². The van der Waals surface area contributed by atoms with Crippen molar-refractivity contribution in [3.05, 3.63) is 11.5 Å². The highest BCUT2D eigenvalue weighted by Crippen LogP contribution is 2.08. The van der Waals surface area contributed by atoms with Gasteiger partial charge in [-0.25, -0.2) is 0 Å². The molecular weight excluding hydrogens is 196 g/mol. The van der Waals surface area contributed by atoms with Gasteiger partial charge >= 0.3 is 5.97 Å². The van der Waals surface area contributed by atoms with Crippen molar-refractivity contribution in [2.45, 2.75) is 39.5 Å². The molecule has 0 spiro atoms. The third-order valence-corrected chi connectivity index (χ3v) is 2.60. The fourth-order valence-electron chi connectivity index (χ4n) is 0.953. The largest absolute Gasteiger partial charge is 0.462 e. The minimum atomic E-state index is -0.220. The first-order valence-corrected chi connectivity index (χ1v) is 6.22. The van der Waals surface area contributed by atoms with Gasteiger partial charge in [0.05, 0.1) is 0 Å². The Bertz CT molecular complexity index is 167. The lowest BCUT2D eigenvalue weighted by molar-refractivity contribution is -0.139. The van der Waals surface area contributed by atoms with Gasteiger partial charge in [0.15, 0.2) is 0 Å². The maximum absolute atomic E-state index is 10.4. The van der Waals surface area contributed by atoms with Crippen molar-refractivity contribution in [2.24, 2.45) is 0 Å². The number of carbonyl (C=O) groups excluding carboxylic acids is 1. The third kappa shape index (κ3) is 11.6. The van der Waals surface area contributed by atoms with Gasteiger partial charge in [0.25, 0.3) is 0 Å². The normalized spacial score (nSPS) is 10.7. The average molecular weight is 216 g/mol. The summed E-state index contributed by atoms with van der Waals surface area (Å²) in [7, 11) is 0. The highest BCUT2D eigenvalue weighted by Gasteiger charge is 1.88. The van der Waals surface area contributed by atoms with Crippen molar-refractivity contribution in [1.29, 1.82) is 0 Å². The molecule has 2 nitrogen and oxygen atoms in total. The van der Waals surface area contributed by atoms with E-state index in [-0.39, 0.29) is 5.97 Å². The van der Waals surface area contributed by atoms with E-state index in [4.69, 9.17) is 4.74 Å². The molecule has 0 fully saturated rings. The van der Waals surface area contributed by atoms with Crippen molar-refractivity contribution in [1.82, 2.24) is 0 Å². The van der Waals surface area contributed by atoms with E-state index >= 15 is 0 Å². The maximum atomic E-state index is 10.4. The van der Waals surface area contributed by atoms with Gasteiger partial charge in [-0.15, -0.1) is 11.8 Å². The predicted octanol–water partition coefficient (Wildman–Crippen LogP) is 3.38. The molecule has 0 aliphatic carbocycles. The van der Waals surface area contributed by atoms with E-state index in [2.05, 4.69) is 6.92 Å². The first-order valence-electron chi connectivity index (χ1n) is 5.17. The third-order valence-electron chi connectivity index (χ3n) is 1.69. The monoisotopic (exact) mass is 216 g/mol. The smallest absolute Gasteiger partial charge is 0.302 e. The lowest BCUT2D eigenvalue weighted by Crippen LogP contribution is -1.96. The molecule has 3 heteroatoms. The summed E-state index contributed by atoms with van der Waals surface area (Å²) in [5, 5.41) is 2.01. The number of unbranched alkanes of at least 4 members (excludes halogenated alkanes) is 3. The molecule has 0 aromatic rings. The van der Waals surface area contributed by atoms with Crippen molar-refractivity contribution < 1.29 is 9.53 Å². The van der Waals surface area contributed by atoms with Gasteiger partial charge in [-0.2, -0.15) is 0 Å². The number of carbonyl (C=O) groups is 1. The number of hydrogen-bond acceptors (Lipinski definition) is 3. The minimum absolute atomic E-state index is 0.220. The van der Waals surface area contributed by atoms with Gasteiger partial charge in [-0.05, 0) is 23.7 Å². The molecular formula is C11H20O2S. The molecule has 0 N–H and O–H groups in total. The Kier molecular flexibility index (Phi) is 10.3. The quantitative estimate of drug-likeness (QED) is 0.459. The second-order valence-electron chi connectivity index (χ2n) is 3.11. The molecule has 0 saturated carbocycles. The Morgan fingerprint density at radius 2 is 2.14 bits per heavy atom. The Hall–Kier alpha value is -0.440. The second kappa shape index (κ2) is 10.6. The Labute approximate surface area is 91.1 Å². The Morgan fingerprint density at radius 1 is 1.36 bits per heavy atom. The molecule has 0 heterocycles. The Balaban J connectivity index is 3.07. The molecule has 14 heavy (non-hydrogen) atoms. The van der Waals surface area contributed by atoms with Gasteiger partial charge in [0, 0.05) is 6.92 Å². The molecule has 0 radical (unpaired) electrons. The lowest BCUT2D eigenvalue weighted by atomic mass is 10.2. The number of esters is 1. The summed E-state index contributed by atoms with van der Waals surface area (Å²) in [6.07, 6.45) is 7.09. The van der Waals surface area contributed by atoms with Crippen molar-refractivity contribution in [3.8, 4) is 0 Å². The van der Waals surface area contributed by atoms with Crippen LogP contribution >= 0.6 is 11.8 Å². The summed E-state index contributed by atoms with van der Waals surface area (Å²) in [6, 6.07) is 0. The lowest BCUT2D eigenvalue weighted by Gasteiger charge is -1.96. The van der Waals surface area contributed by atoms with E-state index in [1.165, 1.54) is 32.6 Å². The van der Waals surface area contributed by atoms with Crippen LogP contribution in [-0.4, -0.2) is 18.3 Å². The SMILES string of the molecule is CCCCCCS/C=C/COC(C)=O.